The SMILES string of the molecule is CC1(C)CCC(C)(C)c2cc(-c3csc(N4CCC(N5CCCC(O)C5)C(O)C4)n3)ccc21. The van der Waals surface area contributed by atoms with E-state index in [4.69, 9.17) is 4.98 Å². The molecule has 2 N–H and O–H groups in total. The Bertz CT molecular complexity index is 1000. The lowest BCUT2D eigenvalue weighted by Gasteiger charge is -2.44. The van der Waals surface area contributed by atoms with Gasteiger partial charge >= 0.3 is 0 Å². The van der Waals surface area contributed by atoms with Crippen LogP contribution in [0.15, 0.2) is 23.6 Å². The van der Waals surface area contributed by atoms with E-state index in [0.29, 0.717) is 13.1 Å². The maximum atomic E-state index is 10.9. The van der Waals surface area contributed by atoms with Crippen LogP contribution in [-0.2, 0) is 10.8 Å². The molecule has 3 atom stereocenters. The van der Waals surface area contributed by atoms with Gasteiger partial charge in [-0.15, -0.1) is 11.3 Å². The minimum absolute atomic E-state index is 0.141. The second kappa shape index (κ2) is 8.63. The summed E-state index contributed by atoms with van der Waals surface area (Å²) in [5.41, 5.74) is 5.58. The van der Waals surface area contributed by atoms with E-state index < -0.39 is 6.10 Å². The van der Waals surface area contributed by atoms with Crippen molar-refractivity contribution >= 4 is 16.5 Å². The normalized spacial score (nSPS) is 29.6. The number of thiazole rings is 1. The fraction of sp³-hybridized carbons (Fsp3) is 0.667. The van der Waals surface area contributed by atoms with Crippen LogP contribution >= 0.6 is 11.3 Å². The van der Waals surface area contributed by atoms with Crippen LogP contribution in [0.2, 0.25) is 0 Å². The van der Waals surface area contributed by atoms with E-state index in [1.165, 1.54) is 29.5 Å². The summed E-state index contributed by atoms with van der Waals surface area (Å²) in [6.45, 7) is 12.6. The number of fused-ring (bicyclic) bond motifs is 1. The minimum Gasteiger partial charge on any atom is -0.392 e. The van der Waals surface area contributed by atoms with Gasteiger partial charge in [-0.3, -0.25) is 4.90 Å². The zero-order valence-electron chi connectivity index (χ0n) is 20.5. The van der Waals surface area contributed by atoms with Crippen molar-refractivity contribution in [1.82, 2.24) is 9.88 Å². The van der Waals surface area contributed by atoms with E-state index in [2.05, 4.69) is 61.1 Å². The number of hydrogen-bond acceptors (Lipinski definition) is 6. The van der Waals surface area contributed by atoms with Crippen molar-refractivity contribution in [3.63, 3.8) is 0 Å². The number of benzene rings is 1. The summed E-state index contributed by atoms with van der Waals surface area (Å²) >= 11 is 1.68. The first-order valence-corrected chi connectivity index (χ1v) is 13.5. The second-order valence-electron chi connectivity index (χ2n) is 11.7. The molecule has 3 heterocycles. The Kier molecular flexibility index (Phi) is 6.09. The van der Waals surface area contributed by atoms with Crippen molar-refractivity contribution in [2.45, 2.75) is 88.9 Å². The Morgan fingerprint density at radius 1 is 0.970 bits per heavy atom. The Hall–Kier alpha value is -1.47. The predicted molar refractivity (Wildman–Crippen MR) is 136 cm³/mol. The monoisotopic (exact) mass is 469 g/mol. The number of nitrogens with zero attached hydrogens (tertiary/aromatic N) is 3. The van der Waals surface area contributed by atoms with Gasteiger partial charge in [0.25, 0.3) is 0 Å². The molecule has 5 rings (SSSR count). The number of β-amino-alcohol motifs (C(OH)–C–C–N with tert-alkyl or cyclic N) is 2. The van der Waals surface area contributed by atoms with Gasteiger partial charge < -0.3 is 15.1 Å². The number of aromatic nitrogens is 1. The second-order valence-corrected chi connectivity index (χ2v) is 12.5. The molecule has 180 valence electrons. The smallest absolute Gasteiger partial charge is 0.185 e. The van der Waals surface area contributed by atoms with E-state index in [0.717, 1.165) is 43.2 Å². The summed E-state index contributed by atoms with van der Waals surface area (Å²) in [7, 11) is 0. The highest BCUT2D eigenvalue weighted by atomic mass is 32.1. The summed E-state index contributed by atoms with van der Waals surface area (Å²) < 4.78 is 0. The van der Waals surface area contributed by atoms with Gasteiger partial charge in [0.2, 0.25) is 0 Å². The van der Waals surface area contributed by atoms with Crippen LogP contribution in [0.1, 0.15) is 70.9 Å². The highest BCUT2D eigenvalue weighted by Gasteiger charge is 2.38. The Labute approximate surface area is 202 Å². The fourth-order valence-corrected chi connectivity index (χ4v) is 6.97. The molecule has 3 aliphatic rings. The third-order valence-electron chi connectivity index (χ3n) is 8.35. The summed E-state index contributed by atoms with van der Waals surface area (Å²) in [6, 6.07) is 7.08. The van der Waals surface area contributed by atoms with E-state index in [9.17, 15) is 10.2 Å². The lowest BCUT2D eigenvalue weighted by atomic mass is 9.63. The molecule has 5 nitrogen and oxygen atoms in total. The van der Waals surface area contributed by atoms with Crippen molar-refractivity contribution in [1.29, 1.82) is 0 Å². The number of anilines is 1. The molecule has 2 aliphatic heterocycles. The Balaban J connectivity index is 1.32. The van der Waals surface area contributed by atoms with Crippen LogP contribution in [0.3, 0.4) is 0 Å². The molecule has 2 fully saturated rings. The molecule has 2 aromatic rings. The first-order valence-electron chi connectivity index (χ1n) is 12.6. The summed E-state index contributed by atoms with van der Waals surface area (Å²) in [6.07, 6.45) is 4.57. The molecule has 0 saturated carbocycles. The molecular weight excluding hydrogens is 430 g/mol. The molecule has 1 aromatic heterocycles. The topological polar surface area (TPSA) is 59.8 Å². The lowest BCUT2D eigenvalue weighted by molar-refractivity contribution is -0.0103. The molecule has 3 unspecified atom stereocenters. The molecule has 0 amide bonds. The Morgan fingerprint density at radius 2 is 1.73 bits per heavy atom. The maximum absolute atomic E-state index is 10.9. The molecule has 6 heteroatoms. The number of hydrogen-bond donors (Lipinski definition) is 2. The number of piperidine rings is 2. The van der Waals surface area contributed by atoms with Gasteiger partial charge in [-0.2, -0.15) is 0 Å². The van der Waals surface area contributed by atoms with Gasteiger partial charge in [0.1, 0.15) is 0 Å². The first-order chi connectivity index (χ1) is 15.6. The van der Waals surface area contributed by atoms with Crippen LogP contribution in [0.5, 0.6) is 0 Å². The standard InChI is InChI=1S/C27H39N3O2S/c1-26(2)10-11-27(3,4)21-14-18(7-8-20(21)26)22-17-33-25(28-22)30-13-9-23(24(32)16-30)29-12-5-6-19(31)15-29/h7-8,14,17,19,23-24,31-32H,5-6,9-13,15-16H2,1-4H3. The van der Waals surface area contributed by atoms with Gasteiger partial charge in [-0.1, -0.05) is 39.8 Å². The van der Waals surface area contributed by atoms with E-state index in [-0.39, 0.29) is 23.0 Å². The molecule has 1 aliphatic carbocycles. The van der Waals surface area contributed by atoms with Crippen molar-refractivity contribution < 1.29 is 10.2 Å². The highest BCUT2D eigenvalue weighted by Crippen LogP contribution is 2.47. The van der Waals surface area contributed by atoms with Crippen LogP contribution in [0, 0.1) is 0 Å². The Morgan fingerprint density at radius 3 is 2.45 bits per heavy atom. The van der Waals surface area contributed by atoms with Crippen LogP contribution in [0.25, 0.3) is 11.3 Å². The summed E-state index contributed by atoms with van der Waals surface area (Å²) in [5, 5.41) is 24.1. The molecule has 1 aromatic carbocycles. The summed E-state index contributed by atoms with van der Waals surface area (Å²) in [5.74, 6) is 0. The van der Waals surface area contributed by atoms with Gasteiger partial charge in [0.05, 0.1) is 17.9 Å². The zero-order valence-corrected chi connectivity index (χ0v) is 21.4. The van der Waals surface area contributed by atoms with E-state index >= 15 is 0 Å². The van der Waals surface area contributed by atoms with Crippen LogP contribution < -0.4 is 4.90 Å². The van der Waals surface area contributed by atoms with Gasteiger partial charge in [0, 0.05) is 36.6 Å². The van der Waals surface area contributed by atoms with Gasteiger partial charge in [0.15, 0.2) is 5.13 Å². The van der Waals surface area contributed by atoms with Gasteiger partial charge in [-0.25, -0.2) is 4.98 Å². The predicted octanol–water partition coefficient (Wildman–Crippen LogP) is 4.56. The maximum Gasteiger partial charge on any atom is 0.185 e. The minimum atomic E-state index is -0.414. The average Bonchev–Trinajstić information content (AvgIpc) is 3.27. The summed E-state index contributed by atoms with van der Waals surface area (Å²) in [4.78, 5) is 9.53. The van der Waals surface area contributed by atoms with Crippen molar-refractivity contribution in [2.24, 2.45) is 0 Å². The third-order valence-corrected chi connectivity index (χ3v) is 9.26. The number of aliphatic hydroxyl groups is 2. The quantitative estimate of drug-likeness (QED) is 0.690. The van der Waals surface area contributed by atoms with Gasteiger partial charge in [-0.05, 0) is 66.7 Å². The third kappa shape index (κ3) is 4.47. The van der Waals surface area contributed by atoms with Crippen molar-refractivity contribution in [3.8, 4) is 11.3 Å². The molecule has 0 radical (unpaired) electrons. The van der Waals surface area contributed by atoms with Crippen molar-refractivity contribution in [2.75, 3.05) is 31.1 Å². The molecule has 0 spiro atoms. The fourth-order valence-electron chi connectivity index (χ4n) is 6.09. The van der Waals surface area contributed by atoms with E-state index in [1.54, 1.807) is 11.3 Å². The van der Waals surface area contributed by atoms with Crippen LogP contribution in [-0.4, -0.2) is 64.5 Å². The zero-order chi connectivity index (χ0) is 23.4. The average molecular weight is 470 g/mol. The number of likely N-dealkylation sites (tertiary alicyclic amines) is 1. The lowest BCUT2D eigenvalue weighted by Crippen LogP contribution is -2.57. The van der Waals surface area contributed by atoms with E-state index in [1.807, 2.05) is 0 Å². The number of aliphatic hydroxyl groups excluding tert-OH is 2. The molecule has 0 bridgehead atoms. The first kappa shape index (κ1) is 23.3. The molecule has 2 saturated heterocycles. The van der Waals surface area contributed by atoms with Crippen LogP contribution in [0.4, 0.5) is 5.13 Å². The molecule has 33 heavy (non-hydrogen) atoms. The number of rotatable bonds is 3. The van der Waals surface area contributed by atoms with Crippen molar-refractivity contribution in [3.05, 3.63) is 34.7 Å². The largest absolute Gasteiger partial charge is 0.392 e. The molecular formula is C27H39N3O2S. The highest BCUT2D eigenvalue weighted by molar-refractivity contribution is 7.14.